The summed E-state index contributed by atoms with van der Waals surface area (Å²) in [6, 6.07) is 6.02. The van der Waals surface area contributed by atoms with Gasteiger partial charge in [0.1, 0.15) is 5.75 Å². The number of aromatic nitrogens is 2. The van der Waals surface area contributed by atoms with Crippen molar-refractivity contribution in [3.63, 3.8) is 0 Å². The molecular weight excluding hydrogens is 270 g/mol. The summed E-state index contributed by atoms with van der Waals surface area (Å²) in [5, 5.41) is 2.03. The van der Waals surface area contributed by atoms with Crippen molar-refractivity contribution in [1.82, 2.24) is 9.38 Å². The Bertz CT molecular complexity index is 703. The molecule has 3 rings (SSSR count). The van der Waals surface area contributed by atoms with E-state index in [0.717, 1.165) is 34.0 Å². The van der Waals surface area contributed by atoms with Gasteiger partial charge in [0.15, 0.2) is 4.96 Å². The van der Waals surface area contributed by atoms with Crippen molar-refractivity contribution in [1.29, 1.82) is 0 Å². The van der Waals surface area contributed by atoms with Crippen LogP contribution in [0.25, 0.3) is 4.96 Å². The number of thiazole rings is 1. The molecule has 0 fully saturated rings. The Hall–Kier alpha value is -1.85. The molecule has 0 amide bonds. The first-order valence-corrected chi connectivity index (χ1v) is 7.36. The summed E-state index contributed by atoms with van der Waals surface area (Å²) in [6.45, 7) is 2.03. The number of nitrogens with zero attached hydrogens (tertiary/aromatic N) is 2. The molecule has 3 aromatic rings. The van der Waals surface area contributed by atoms with Crippen LogP contribution in [0.5, 0.6) is 5.75 Å². The highest BCUT2D eigenvalue weighted by Crippen LogP contribution is 2.23. The van der Waals surface area contributed by atoms with Crippen LogP contribution < -0.4 is 10.5 Å². The van der Waals surface area contributed by atoms with Crippen LogP contribution in [0.3, 0.4) is 0 Å². The zero-order valence-electron chi connectivity index (χ0n) is 11.5. The number of hydrogen-bond acceptors (Lipinski definition) is 4. The molecule has 0 saturated heterocycles. The quantitative estimate of drug-likeness (QED) is 0.802. The molecular formula is C15H17N3OS. The van der Waals surface area contributed by atoms with E-state index in [9.17, 15) is 0 Å². The summed E-state index contributed by atoms with van der Waals surface area (Å²) >= 11 is 1.63. The topological polar surface area (TPSA) is 52.5 Å². The second-order valence-corrected chi connectivity index (χ2v) is 5.74. The van der Waals surface area contributed by atoms with Gasteiger partial charge in [0.2, 0.25) is 0 Å². The van der Waals surface area contributed by atoms with Gasteiger partial charge in [-0.15, -0.1) is 11.3 Å². The number of ether oxygens (including phenoxy) is 1. The molecule has 1 unspecified atom stereocenters. The fourth-order valence-corrected chi connectivity index (χ4v) is 3.07. The summed E-state index contributed by atoms with van der Waals surface area (Å²) in [5.74, 6) is 0.892. The molecule has 0 aliphatic rings. The van der Waals surface area contributed by atoms with Gasteiger partial charge >= 0.3 is 0 Å². The maximum Gasteiger partial charge on any atom is 0.193 e. The Morgan fingerprint density at radius 3 is 3.00 bits per heavy atom. The van der Waals surface area contributed by atoms with E-state index >= 15 is 0 Å². The van der Waals surface area contributed by atoms with Crippen LogP contribution in [0.15, 0.2) is 36.0 Å². The first-order chi connectivity index (χ1) is 9.67. The average Bonchev–Trinajstić information content (AvgIpc) is 2.99. The van der Waals surface area contributed by atoms with Crippen LogP contribution in [0.4, 0.5) is 0 Å². The highest BCUT2D eigenvalue weighted by molar-refractivity contribution is 7.15. The molecule has 2 N–H and O–H groups in total. The lowest BCUT2D eigenvalue weighted by atomic mass is 10.0. The number of hydrogen-bond donors (Lipinski definition) is 1. The Balaban J connectivity index is 1.80. The number of imidazole rings is 1. The highest BCUT2D eigenvalue weighted by atomic mass is 32.1. The molecule has 0 bridgehead atoms. The van der Waals surface area contributed by atoms with E-state index in [1.54, 1.807) is 18.4 Å². The molecule has 0 aliphatic carbocycles. The monoisotopic (exact) mass is 287 g/mol. The molecule has 1 aromatic carbocycles. The molecule has 2 aromatic heterocycles. The highest BCUT2D eigenvalue weighted by Gasteiger charge is 2.12. The summed E-state index contributed by atoms with van der Waals surface area (Å²) in [4.78, 5) is 5.58. The van der Waals surface area contributed by atoms with Crippen LogP contribution in [0.1, 0.15) is 22.9 Å². The lowest BCUT2D eigenvalue weighted by Crippen LogP contribution is -2.13. The standard InChI is InChI=1S/C15H17N3OS/c1-10-7-11(3-4-14(10)19-2)13(16)8-12-9-18-5-6-20-15(18)17-12/h3-7,9,13H,8,16H2,1-2H3. The third kappa shape index (κ3) is 2.42. The summed E-state index contributed by atoms with van der Waals surface area (Å²) in [7, 11) is 1.68. The molecule has 1 atom stereocenters. The van der Waals surface area contributed by atoms with E-state index < -0.39 is 0 Å². The van der Waals surface area contributed by atoms with Crippen LogP contribution in [0, 0.1) is 6.92 Å². The number of aryl methyl sites for hydroxylation is 1. The third-order valence-electron chi connectivity index (χ3n) is 3.42. The van der Waals surface area contributed by atoms with E-state index in [4.69, 9.17) is 10.5 Å². The average molecular weight is 287 g/mol. The van der Waals surface area contributed by atoms with Crippen molar-refractivity contribution >= 4 is 16.3 Å². The fraction of sp³-hybridized carbons (Fsp3) is 0.267. The normalized spacial score (nSPS) is 12.8. The molecule has 0 aliphatic heterocycles. The maximum absolute atomic E-state index is 6.29. The van der Waals surface area contributed by atoms with Crippen molar-refractivity contribution in [2.75, 3.05) is 7.11 Å². The van der Waals surface area contributed by atoms with Crippen molar-refractivity contribution < 1.29 is 4.74 Å². The lowest BCUT2D eigenvalue weighted by Gasteiger charge is -2.13. The van der Waals surface area contributed by atoms with Crippen LogP contribution in [-0.2, 0) is 6.42 Å². The third-order valence-corrected chi connectivity index (χ3v) is 4.19. The van der Waals surface area contributed by atoms with Gasteiger partial charge in [0.25, 0.3) is 0 Å². The van der Waals surface area contributed by atoms with Gasteiger partial charge in [-0.25, -0.2) is 4.98 Å². The van der Waals surface area contributed by atoms with E-state index in [2.05, 4.69) is 11.1 Å². The Kier molecular flexibility index (Phi) is 3.46. The fourth-order valence-electron chi connectivity index (χ4n) is 2.35. The van der Waals surface area contributed by atoms with Gasteiger partial charge < -0.3 is 10.5 Å². The number of nitrogens with two attached hydrogens (primary N) is 1. The van der Waals surface area contributed by atoms with Crippen LogP contribution >= 0.6 is 11.3 Å². The number of benzene rings is 1. The number of fused-ring (bicyclic) bond motifs is 1. The number of rotatable bonds is 4. The van der Waals surface area contributed by atoms with E-state index in [-0.39, 0.29) is 6.04 Å². The molecule has 0 radical (unpaired) electrons. The Morgan fingerprint density at radius 2 is 2.30 bits per heavy atom. The summed E-state index contributed by atoms with van der Waals surface area (Å²) < 4.78 is 7.31. The summed E-state index contributed by atoms with van der Waals surface area (Å²) in [6.07, 6.45) is 4.79. The van der Waals surface area contributed by atoms with Crippen molar-refractivity contribution in [2.24, 2.45) is 5.73 Å². The van der Waals surface area contributed by atoms with Gasteiger partial charge in [0, 0.05) is 30.2 Å². The Morgan fingerprint density at radius 1 is 1.45 bits per heavy atom. The van der Waals surface area contributed by atoms with Gasteiger partial charge in [0.05, 0.1) is 12.8 Å². The molecule has 5 heteroatoms. The van der Waals surface area contributed by atoms with E-state index in [1.165, 1.54) is 0 Å². The zero-order chi connectivity index (χ0) is 14.1. The second-order valence-electron chi connectivity index (χ2n) is 4.86. The van der Waals surface area contributed by atoms with Gasteiger partial charge in [-0.3, -0.25) is 4.40 Å². The lowest BCUT2D eigenvalue weighted by molar-refractivity contribution is 0.411. The van der Waals surface area contributed by atoms with E-state index in [0.29, 0.717) is 0 Å². The van der Waals surface area contributed by atoms with Crippen molar-refractivity contribution in [3.05, 3.63) is 52.8 Å². The first kappa shape index (κ1) is 13.1. The molecule has 4 nitrogen and oxygen atoms in total. The molecule has 104 valence electrons. The second kappa shape index (κ2) is 5.26. The van der Waals surface area contributed by atoms with Crippen molar-refractivity contribution in [2.45, 2.75) is 19.4 Å². The SMILES string of the molecule is COc1ccc(C(N)Cc2cn3ccsc3n2)cc1C. The van der Waals surface area contributed by atoms with Gasteiger partial charge in [-0.05, 0) is 24.1 Å². The summed E-state index contributed by atoms with van der Waals surface area (Å²) in [5.41, 5.74) is 9.53. The molecule has 0 spiro atoms. The minimum Gasteiger partial charge on any atom is -0.496 e. The number of methoxy groups -OCH3 is 1. The smallest absolute Gasteiger partial charge is 0.193 e. The van der Waals surface area contributed by atoms with E-state index in [1.807, 2.05) is 41.2 Å². The zero-order valence-corrected chi connectivity index (χ0v) is 12.4. The molecule has 2 heterocycles. The predicted octanol–water partition coefficient (Wildman–Crippen LogP) is 2.96. The minimum atomic E-state index is -0.0517. The maximum atomic E-state index is 6.29. The molecule has 20 heavy (non-hydrogen) atoms. The van der Waals surface area contributed by atoms with Gasteiger partial charge in [-0.1, -0.05) is 12.1 Å². The largest absolute Gasteiger partial charge is 0.496 e. The Labute approximate surface area is 121 Å². The minimum absolute atomic E-state index is 0.0517. The predicted molar refractivity (Wildman–Crippen MR) is 81.4 cm³/mol. The van der Waals surface area contributed by atoms with Crippen molar-refractivity contribution in [3.8, 4) is 5.75 Å². The van der Waals surface area contributed by atoms with Crippen LogP contribution in [-0.4, -0.2) is 16.5 Å². The first-order valence-electron chi connectivity index (χ1n) is 6.48. The molecule has 0 saturated carbocycles. The van der Waals surface area contributed by atoms with Crippen LogP contribution in [0.2, 0.25) is 0 Å². The van der Waals surface area contributed by atoms with Gasteiger partial charge in [-0.2, -0.15) is 0 Å².